The molecule has 0 unspecified atom stereocenters. The molecule has 0 aliphatic rings. The van der Waals surface area contributed by atoms with Crippen LogP contribution in [0.25, 0.3) is 0 Å². The van der Waals surface area contributed by atoms with Crippen LogP contribution in [0.3, 0.4) is 0 Å². The lowest BCUT2D eigenvalue weighted by atomic mass is 10.1. The molecule has 1 heterocycles. The molecule has 0 atom stereocenters. The predicted octanol–water partition coefficient (Wildman–Crippen LogP) is 4.67. The largest absolute Gasteiger partial charge is 0.457 e. The lowest BCUT2D eigenvalue weighted by Gasteiger charge is -2.08. The van der Waals surface area contributed by atoms with Crippen molar-refractivity contribution in [1.29, 1.82) is 0 Å². The molecule has 0 saturated carbocycles. The Balaban J connectivity index is 1.63. The first-order chi connectivity index (χ1) is 12.1. The van der Waals surface area contributed by atoms with Gasteiger partial charge in [-0.3, -0.25) is 4.79 Å². The van der Waals surface area contributed by atoms with Crippen molar-refractivity contribution in [2.24, 2.45) is 0 Å². The Kier molecular flexibility index (Phi) is 5.26. The van der Waals surface area contributed by atoms with Crippen LogP contribution in [0.5, 0.6) is 0 Å². The summed E-state index contributed by atoms with van der Waals surface area (Å²) in [5.41, 5.74) is 3.05. The van der Waals surface area contributed by atoms with Gasteiger partial charge in [0.05, 0.1) is 10.4 Å². The fraction of sp³-hybridized carbons (Fsp3) is 0.100. The van der Waals surface area contributed by atoms with E-state index >= 15 is 0 Å². The Labute approximate surface area is 150 Å². The maximum atomic E-state index is 12.2. The molecule has 2 aromatic carbocycles. The van der Waals surface area contributed by atoms with E-state index in [1.54, 1.807) is 30.3 Å². The van der Waals surface area contributed by atoms with E-state index in [4.69, 9.17) is 4.74 Å². The van der Waals surface area contributed by atoms with E-state index in [2.05, 4.69) is 5.32 Å². The first kappa shape index (κ1) is 16.9. The molecule has 0 aliphatic heterocycles. The molecule has 5 heteroatoms. The molecule has 126 valence electrons. The molecule has 0 radical (unpaired) electrons. The highest BCUT2D eigenvalue weighted by Crippen LogP contribution is 2.16. The molecule has 1 aromatic heterocycles. The molecule has 0 spiro atoms. The van der Waals surface area contributed by atoms with Crippen molar-refractivity contribution in [2.75, 3.05) is 5.32 Å². The Morgan fingerprint density at radius 1 is 1.04 bits per heavy atom. The summed E-state index contributed by atoms with van der Waals surface area (Å²) in [5, 5.41) is 4.62. The number of carbonyl (C=O) groups is 2. The van der Waals surface area contributed by atoms with Crippen LogP contribution in [-0.2, 0) is 11.3 Å². The smallest absolute Gasteiger partial charge is 0.338 e. The monoisotopic (exact) mass is 351 g/mol. The highest BCUT2D eigenvalue weighted by atomic mass is 32.1. The van der Waals surface area contributed by atoms with Crippen LogP contribution in [0.1, 0.15) is 31.2 Å². The third-order valence-corrected chi connectivity index (χ3v) is 4.46. The molecule has 25 heavy (non-hydrogen) atoms. The standard InChI is InChI=1S/C20H17NO3S/c1-14-7-9-15(10-8-14)13-24-20(23)16-4-2-5-17(12-16)21-19(22)18-6-3-11-25-18/h2-12H,13H2,1H3,(H,21,22). The number of rotatable bonds is 5. The summed E-state index contributed by atoms with van der Waals surface area (Å²) in [7, 11) is 0. The number of carbonyl (C=O) groups excluding carboxylic acids is 2. The van der Waals surface area contributed by atoms with E-state index in [0.717, 1.165) is 11.1 Å². The summed E-state index contributed by atoms with van der Waals surface area (Å²) >= 11 is 1.36. The maximum Gasteiger partial charge on any atom is 0.338 e. The number of benzene rings is 2. The second kappa shape index (κ2) is 7.77. The van der Waals surface area contributed by atoms with Crippen LogP contribution in [-0.4, -0.2) is 11.9 Å². The zero-order valence-corrected chi connectivity index (χ0v) is 14.5. The first-order valence-corrected chi connectivity index (χ1v) is 8.67. The van der Waals surface area contributed by atoms with Crippen LogP contribution in [0.2, 0.25) is 0 Å². The molecular weight excluding hydrogens is 334 g/mol. The van der Waals surface area contributed by atoms with E-state index < -0.39 is 5.97 Å². The van der Waals surface area contributed by atoms with Gasteiger partial charge in [0.25, 0.3) is 5.91 Å². The minimum absolute atomic E-state index is 0.194. The van der Waals surface area contributed by atoms with Gasteiger partial charge in [0.15, 0.2) is 0 Å². The summed E-state index contributed by atoms with van der Waals surface area (Å²) in [6, 6.07) is 18.1. The number of esters is 1. The van der Waals surface area contributed by atoms with Crippen LogP contribution in [0.15, 0.2) is 66.0 Å². The lowest BCUT2D eigenvalue weighted by molar-refractivity contribution is 0.0472. The molecule has 4 nitrogen and oxygen atoms in total. The predicted molar refractivity (Wildman–Crippen MR) is 99.0 cm³/mol. The third-order valence-electron chi connectivity index (χ3n) is 3.59. The molecule has 1 N–H and O–H groups in total. The van der Waals surface area contributed by atoms with Crippen molar-refractivity contribution >= 4 is 28.9 Å². The van der Waals surface area contributed by atoms with Gasteiger partial charge in [0.2, 0.25) is 0 Å². The number of thiophene rings is 1. The van der Waals surface area contributed by atoms with Crippen LogP contribution >= 0.6 is 11.3 Å². The van der Waals surface area contributed by atoms with Crippen molar-refractivity contribution in [1.82, 2.24) is 0 Å². The molecular formula is C20H17NO3S. The second-order valence-electron chi connectivity index (χ2n) is 5.57. The van der Waals surface area contributed by atoms with Crippen LogP contribution in [0, 0.1) is 6.92 Å². The highest BCUT2D eigenvalue weighted by Gasteiger charge is 2.11. The van der Waals surface area contributed by atoms with Gasteiger partial charge in [-0.05, 0) is 42.1 Å². The minimum Gasteiger partial charge on any atom is -0.457 e. The summed E-state index contributed by atoms with van der Waals surface area (Å²) in [6.07, 6.45) is 0. The number of ether oxygens (including phenoxy) is 1. The first-order valence-electron chi connectivity index (χ1n) is 7.79. The normalized spacial score (nSPS) is 10.3. The molecule has 0 fully saturated rings. The minimum atomic E-state index is -0.423. The summed E-state index contributed by atoms with van der Waals surface area (Å²) < 4.78 is 5.34. The van der Waals surface area contributed by atoms with Gasteiger partial charge in [0.1, 0.15) is 6.61 Å². The zero-order chi connectivity index (χ0) is 17.6. The topological polar surface area (TPSA) is 55.4 Å². The average Bonchev–Trinajstić information content (AvgIpc) is 3.16. The lowest BCUT2D eigenvalue weighted by Crippen LogP contribution is -2.11. The molecule has 1 amide bonds. The zero-order valence-electron chi connectivity index (χ0n) is 13.7. The maximum absolute atomic E-state index is 12.2. The Morgan fingerprint density at radius 2 is 1.84 bits per heavy atom. The fourth-order valence-corrected chi connectivity index (χ4v) is 2.86. The number of amides is 1. The summed E-state index contributed by atoms with van der Waals surface area (Å²) in [4.78, 5) is 24.9. The van der Waals surface area contributed by atoms with E-state index in [1.165, 1.54) is 11.3 Å². The van der Waals surface area contributed by atoms with E-state index in [0.29, 0.717) is 16.1 Å². The highest BCUT2D eigenvalue weighted by molar-refractivity contribution is 7.12. The number of anilines is 1. The van der Waals surface area contributed by atoms with Crippen molar-refractivity contribution in [3.63, 3.8) is 0 Å². The Hall–Kier alpha value is -2.92. The number of nitrogens with one attached hydrogen (secondary N) is 1. The average molecular weight is 351 g/mol. The molecule has 3 aromatic rings. The van der Waals surface area contributed by atoms with Gasteiger partial charge in [-0.25, -0.2) is 4.79 Å². The van der Waals surface area contributed by atoms with Crippen LogP contribution < -0.4 is 5.32 Å². The third kappa shape index (κ3) is 4.55. The quantitative estimate of drug-likeness (QED) is 0.680. The van der Waals surface area contributed by atoms with Gasteiger partial charge in [-0.2, -0.15) is 0 Å². The second-order valence-corrected chi connectivity index (χ2v) is 6.52. The number of hydrogen-bond acceptors (Lipinski definition) is 4. The molecule has 0 bridgehead atoms. The van der Waals surface area contributed by atoms with E-state index in [-0.39, 0.29) is 12.5 Å². The van der Waals surface area contributed by atoms with Crippen molar-refractivity contribution in [3.8, 4) is 0 Å². The van der Waals surface area contributed by atoms with Gasteiger partial charge >= 0.3 is 5.97 Å². The fourth-order valence-electron chi connectivity index (χ4n) is 2.24. The van der Waals surface area contributed by atoms with Gasteiger partial charge < -0.3 is 10.1 Å². The molecule has 0 aliphatic carbocycles. The Morgan fingerprint density at radius 3 is 2.56 bits per heavy atom. The molecule has 3 rings (SSSR count). The SMILES string of the molecule is Cc1ccc(COC(=O)c2cccc(NC(=O)c3cccs3)c2)cc1. The van der Waals surface area contributed by atoms with Gasteiger partial charge in [-0.15, -0.1) is 11.3 Å². The number of aryl methyl sites for hydroxylation is 1. The molecule has 0 saturated heterocycles. The van der Waals surface area contributed by atoms with E-state index in [9.17, 15) is 9.59 Å². The number of hydrogen-bond donors (Lipinski definition) is 1. The van der Waals surface area contributed by atoms with Gasteiger partial charge in [0, 0.05) is 5.69 Å². The summed E-state index contributed by atoms with van der Waals surface area (Å²) in [6.45, 7) is 2.22. The summed E-state index contributed by atoms with van der Waals surface area (Å²) in [5.74, 6) is -0.618. The van der Waals surface area contributed by atoms with Crippen molar-refractivity contribution in [2.45, 2.75) is 13.5 Å². The van der Waals surface area contributed by atoms with Gasteiger partial charge in [-0.1, -0.05) is 42.0 Å². The van der Waals surface area contributed by atoms with Crippen molar-refractivity contribution < 1.29 is 14.3 Å². The van der Waals surface area contributed by atoms with E-state index in [1.807, 2.05) is 42.6 Å². The Bertz CT molecular complexity index is 870. The van der Waals surface area contributed by atoms with Crippen molar-refractivity contribution in [3.05, 3.63) is 87.6 Å². The van der Waals surface area contributed by atoms with Crippen LogP contribution in [0.4, 0.5) is 5.69 Å².